The molecule has 3 N–H and O–H groups in total. The average Bonchev–Trinajstić information content (AvgIpc) is 2.39. The van der Waals surface area contributed by atoms with E-state index < -0.39 is 0 Å². The molecule has 0 spiro atoms. The van der Waals surface area contributed by atoms with Crippen LogP contribution < -0.4 is 11.3 Å². The zero-order chi connectivity index (χ0) is 12.8. The standard InChI is InChI=1S/C14H21BrN2S/c15-13-3-1-2-12(8-13)10-14(17-16)9-11-4-6-18-7-5-11/h1-3,8,11,14,17H,4-7,9-10,16H2. The summed E-state index contributed by atoms with van der Waals surface area (Å²) in [5, 5.41) is 0. The van der Waals surface area contributed by atoms with E-state index in [9.17, 15) is 0 Å². The molecule has 1 aliphatic heterocycles. The van der Waals surface area contributed by atoms with Crippen molar-refractivity contribution in [2.24, 2.45) is 11.8 Å². The summed E-state index contributed by atoms with van der Waals surface area (Å²) in [6.07, 6.45) is 4.91. The van der Waals surface area contributed by atoms with Gasteiger partial charge in [0.1, 0.15) is 0 Å². The first-order valence-electron chi connectivity index (χ1n) is 6.56. The summed E-state index contributed by atoms with van der Waals surface area (Å²) in [5.74, 6) is 9.19. The third-order valence-electron chi connectivity index (χ3n) is 3.57. The first-order valence-corrected chi connectivity index (χ1v) is 8.51. The Morgan fingerprint density at radius 3 is 2.83 bits per heavy atom. The van der Waals surface area contributed by atoms with Gasteiger partial charge in [-0.25, -0.2) is 0 Å². The highest BCUT2D eigenvalue weighted by atomic mass is 79.9. The third-order valence-corrected chi connectivity index (χ3v) is 5.11. The van der Waals surface area contributed by atoms with Crippen molar-refractivity contribution in [1.29, 1.82) is 0 Å². The number of rotatable bonds is 5. The molecule has 0 aromatic heterocycles. The van der Waals surface area contributed by atoms with Crippen molar-refractivity contribution in [3.05, 3.63) is 34.3 Å². The predicted octanol–water partition coefficient (Wildman–Crippen LogP) is 3.36. The zero-order valence-electron chi connectivity index (χ0n) is 10.6. The summed E-state index contributed by atoms with van der Waals surface area (Å²) in [7, 11) is 0. The fourth-order valence-electron chi connectivity index (χ4n) is 2.54. The van der Waals surface area contributed by atoms with Gasteiger partial charge in [0, 0.05) is 10.5 Å². The van der Waals surface area contributed by atoms with Crippen molar-refractivity contribution in [3.63, 3.8) is 0 Å². The predicted molar refractivity (Wildman–Crippen MR) is 83.6 cm³/mol. The van der Waals surface area contributed by atoms with Crippen LogP contribution in [0.5, 0.6) is 0 Å². The molecule has 1 saturated heterocycles. The summed E-state index contributed by atoms with van der Waals surface area (Å²) in [6, 6.07) is 8.90. The van der Waals surface area contributed by atoms with Crippen molar-refractivity contribution in [2.45, 2.75) is 31.7 Å². The maximum Gasteiger partial charge on any atom is 0.0253 e. The summed E-state index contributed by atoms with van der Waals surface area (Å²) in [4.78, 5) is 0. The number of thioether (sulfide) groups is 1. The van der Waals surface area contributed by atoms with Gasteiger partial charge in [-0.1, -0.05) is 28.1 Å². The summed E-state index contributed by atoms with van der Waals surface area (Å²) >= 11 is 5.60. The van der Waals surface area contributed by atoms with E-state index in [1.165, 1.54) is 36.3 Å². The van der Waals surface area contributed by atoms with Crippen LogP contribution in [0.25, 0.3) is 0 Å². The van der Waals surface area contributed by atoms with Gasteiger partial charge < -0.3 is 0 Å². The molecule has 1 aromatic rings. The quantitative estimate of drug-likeness (QED) is 0.643. The van der Waals surface area contributed by atoms with Gasteiger partial charge in [-0.3, -0.25) is 11.3 Å². The number of nitrogens with two attached hydrogens (primary N) is 1. The Hall–Kier alpha value is -0.0300. The van der Waals surface area contributed by atoms with Crippen LogP contribution in [0, 0.1) is 5.92 Å². The van der Waals surface area contributed by atoms with Crippen molar-refractivity contribution in [1.82, 2.24) is 5.43 Å². The minimum absolute atomic E-state index is 0.396. The number of nitrogens with one attached hydrogen (secondary N) is 1. The van der Waals surface area contributed by atoms with Crippen LogP contribution in [0.4, 0.5) is 0 Å². The molecule has 1 heterocycles. The Kier molecular flexibility index (Phi) is 6.02. The lowest BCUT2D eigenvalue weighted by Crippen LogP contribution is -2.38. The van der Waals surface area contributed by atoms with E-state index in [1.54, 1.807) is 0 Å². The summed E-state index contributed by atoms with van der Waals surface area (Å²) in [6.45, 7) is 0. The van der Waals surface area contributed by atoms with Gasteiger partial charge in [0.2, 0.25) is 0 Å². The second-order valence-electron chi connectivity index (χ2n) is 4.99. The second-order valence-corrected chi connectivity index (χ2v) is 7.13. The molecular formula is C14H21BrN2S. The third kappa shape index (κ3) is 4.57. The van der Waals surface area contributed by atoms with E-state index in [1.807, 2.05) is 0 Å². The van der Waals surface area contributed by atoms with Crippen LogP contribution in [-0.4, -0.2) is 17.5 Å². The Morgan fingerprint density at radius 2 is 2.17 bits per heavy atom. The maximum atomic E-state index is 5.71. The normalized spacial score (nSPS) is 18.8. The lowest BCUT2D eigenvalue weighted by atomic mass is 9.91. The number of hydrogen-bond acceptors (Lipinski definition) is 3. The molecule has 2 rings (SSSR count). The van der Waals surface area contributed by atoms with Gasteiger partial charge in [0.15, 0.2) is 0 Å². The average molecular weight is 329 g/mol. The molecule has 1 atom stereocenters. The summed E-state index contributed by atoms with van der Waals surface area (Å²) < 4.78 is 1.14. The molecule has 2 nitrogen and oxygen atoms in total. The Labute approximate surface area is 122 Å². The first-order chi connectivity index (χ1) is 8.78. The SMILES string of the molecule is NNC(Cc1cccc(Br)c1)CC1CCSCC1. The minimum Gasteiger partial charge on any atom is -0.271 e. The van der Waals surface area contributed by atoms with Crippen LogP contribution in [-0.2, 0) is 6.42 Å². The zero-order valence-corrected chi connectivity index (χ0v) is 13.0. The van der Waals surface area contributed by atoms with Gasteiger partial charge in [0.25, 0.3) is 0 Å². The van der Waals surface area contributed by atoms with Crippen molar-refractivity contribution >= 4 is 27.7 Å². The van der Waals surface area contributed by atoms with Crippen molar-refractivity contribution < 1.29 is 0 Å². The van der Waals surface area contributed by atoms with Crippen LogP contribution in [0.3, 0.4) is 0 Å². The number of hydrogen-bond donors (Lipinski definition) is 2. The van der Waals surface area contributed by atoms with Gasteiger partial charge in [-0.2, -0.15) is 11.8 Å². The largest absolute Gasteiger partial charge is 0.271 e. The molecule has 0 radical (unpaired) electrons. The number of hydrazine groups is 1. The first kappa shape index (κ1) is 14.4. The van der Waals surface area contributed by atoms with Crippen LogP contribution >= 0.6 is 27.7 Å². The smallest absolute Gasteiger partial charge is 0.0253 e. The molecule has 1 fully saturated rings. The Bertz CT molecular complexity index is 367. The highest BCUT2D eigenvalue weighted by Crippen LogP contribution is 2.27. The van der Waals surface area contributed by atoms with Gasteiger partial charge in [-0.15, -0.1) is 0 Å². The maximum absolute atomic E-state index is 5.71. The lowest BCUT2D eigenvalue weighted by Gasteiger charge is -2.26. The topological polar surface area (TPSA) is 38.0 Å². The fraction of sp³-hybridized carbons (Fsp3) is 0.571. The van der Waals surface area contributed by atoms with Crippen LogP contribution in [0.1, 0.15) is 24.8 Å². The molecule has 0 aliphatic carbocycles. The Balaban J connectivity index is 1.88. The molecule has 1 aromatic carbocycles. The van der Waals surface area contributed by atoms with E-state index in [0.717, 1.165) is 16.8 Å². The molecule has 1 aliphatic rings. The van der Waals surface area contributed by atoms with E-state index >= 15 is 0 Å². The van der Waals surface area contributed by atoms with Gasteiger partial charge in [-0.05, 0) is 60.8 Å². The van der Waals surface area contributed by atoms with Crippen molar-refractivity contribution in [3.8, 4) is 0 Å². The van der Waals surface area contributed by atoms with Crippen molar-refractivity contribution in [2.75, 3.05) is 11.5 Å². The van der Waals surface area contributed by atoms with Crippen LogP contribution in [0.15, 0.2) is 28.7 Å². The molecule has 0 amide bonds. The van der Waals surface area contributed by atoms with Gasteiger partial charge in [0.05, 0.1) is 0 Å². The van der Waals surface area contributed by atoms with Gasteiger partial charge >= 0.3 is 0 Å². The molecule has 0 bridgehead atoms. The monoisotopic (exact) mass is 328 g/mol. The van der Waals surface area contributed by atoms with E-state index in [0.29, 0.717) is 6.04 Å². The molecule has 1 unspecified atom stereocenters. The minimum atomic E-state index is 0.396. The molecule has 4 heteroatoms. The Morgan fingerprint density at radius 1 is 1.39 bits per heavy atom. The summed E-state index contributed by atoms with van der Waals surface area (Å²) in [5.41, 5.74) is 4.34. The fourth-order valence-corrected chi connectivity index (χ4v) is 4.19. The number of halogens is 1. The lowest BCUT2D eigenvalue weighted by molar-refractivity contribution is 0.365. The number of benzene rings is 1. The van der Waals surface area contributed by atoms with E-state index in [-0.39, 0.29) is 0 Å². The second kappa shape index (κ2) is 7.53. The molecule has 100 valence electrons. The van der Waals surface area contributed by atoms with E-state index in [4.69, 9.17) is 5.84 Å². The highest BCUT2D eigenvalue weighted by Gasteiger charge is 2.18. The molecule has 0 saturated carbocycles. The van der Waals surface area contributed by atoms with E-state index in [2.05, 4.69) is 57.4 Å². The van der Waals surface area contributed by atoms with Crippen LogP contribution in [0.2, 0.25) is 0 Å². The highest BCUT2D eigenvalue weighted by molar-refractivity contribution is 9.10. The molecular weight excluding hydrogens is 308 g/mol. The molecule has 18 heavy (non-hydrogen) atoms.